The summed E-state index contributed by atoms with van der Waals surface area (Å²) in [5.74, 6) is 0.491. The third kappa shape index (κ3) is 4.17. The SMILES string of the molecule is Cc1cc(C)c2oc(-c3cccc(NC(=O)c4ccc(-c5cccc([N+](=O)[O-])c5)o4)c3C)nc2c1. The zero-order valence-corrected chi connectivity index (χ0v) is 19.3. The van der Waals surface area contributed by atoms with Gasteiger partial charge in [0.25, 0.3) is 11.6 Å². The van der Waals surface area contributed by atoms with Crippen molar-refractivity contribution in [3.63, 3.8) is 0 Å². The number of furan rings is 1. The Balaban J connectivity index is 1.42. The molecule has 8 nitrogen and oxygen atoms in total. The van der Waals surface area contributed by atoms with Gasteiger partial charge in [0.15, 0.2) is 11.3 Å². The van der Waals surface area contributed by atoms with Crippen LogP contribution in [-0.4, -0.2) is 15.8 Å². The van der Waals surface area contributed by atoms with Crippen molar-refractivity contribution < 1.29 is 18.6 Å². The molecule has 2 aromatic heterocycles. The van der Waals surface area contributed by atoms with Crippen molar-refractivity contribution in [1.82, 2.24) is 4.98 Å². The minimum Gasteiger partial charge on any atom is -0.451 e. The van der Waals surface area contributed by atoms with Gasteiger partial charge in [0, 0.05) is 28.9 Å². The molecule has 0 saturated heterocycles. The van der Waals surface area contributed by atoms with Gasteiger partial charge in [-0.15, -0.1) is 0 Å². The van der Waals surface area contributed by atoms with Gasteiger partial charge in [-0.2, -0.15) is 0 Å². The van der Waals surface area contributed by atoms with E-state index in [0.717, 1.165) is 33.4 Å². The normalized spacial score (nSPS) is 11.1. The van der Waals surface area contributed by atoms with Gasteiger partial charge in [-0.1, -0.05) is 24.3 Å². The highest BCUT2D eigenvalue weighted by Crippen LogP contribution is 2.32. The summed E-state index contributed by atoms with van der Waals surface area (Å²) in [6, 6.07) is 18.7. The number of amides is 1. The van der Waals surface area contributed by atoms with Crippen LogP contribution in [0.15, 0.2) is 75.6 Å². The van der Waals surface area contributed by atoms with Crippen molar-refractivity contribution in [3.8, 4) is 22.8 Å². The van der Waals surface area contributed by atoms with Crippen LogP contribution < -0.4 is 5.32 Å². The lowest BCUT2D eigenvalue weighted by Gasteiger charge is -2.10. The molecule has 0 radical (unpaired) electrons. The van der Waals surface area contributed by atoms with Gasteiger partial charge in [0.2, 0.25) is 5.89 Å². The van der Waals surface area contributed by atoms with E-state index >= 15 is 0 Å². The Morgan fingerprint density at radius 3 is 2.57 bits per heavy atom. The molecule has 0 unspecified atom stereocenters. The molecule has 0 bridgehead atoms. The van der Waals surface area contributed by atoms with Crippen LogP contribution in [0.4, 0.5) is 11.4 Å². The summed E-state index contributed by atoms with van der Waals surface area (Å²) in [6.45, 7) is 5.88. The Hall–Kier alpha value is -4.72. The largest absolute Gasteiger partial charge is 0.451 e. The highest BCUT2D eigenvalue weighted by molar-refractivity contribution is 6.03. The van der Waals surface area contributed by atoms with Gasteiger partial charge in [-0.05, 0) is 67.8 Å². The smallest absolute Gasteiger partial charge is 0.291 e. The molecule has 0 atom stereocenters. The summed E-state index contributed by atoms with van der Waals surface area (Å²) >= 11 is 0. The summed E-state index contributed by atoms with van der Waals surface area (Å²) in [6.07, 6.45) is 0. The average Bonchev–Trinajstić information content (AvgIpc) is 3.48. The van der Waals surface area contributed by atoms with Crippen molar-refractivity contribution in [2.24, 2.45) is 0 Å². The zero-order valence-electron chi connectivity index (χ0n) is 19.3. The molecular weight excluding hydrogens is 446 g/mol. The Labute approximate surface area is 200 Å². The minimum atomic E-state index is -0.477. The molecule has 174 valence electrons. The van der Waals surface area contributed by atoms with E-state index in [9.17, 15) is 14.9 Å². The maximum atomic E-state index is 12.9. The lowest BCUT2D eigenvalue weighted by Crippen LogP contribution is -2.12. The Morgan fingerprint density at radius 1 is 0.971 bits per heavy atom. The number of hydrogen-bond acceptors (Lipinski definition) is 6. The fourth-order valence-electron chi connectivity index (χ4n) is 4.07. The molecule has 2 heterocycles. The van der Waals surface area contributed by atoms with Gasteiger partial charge in [-0.3, -0.25) is 14.9 Å². The highest BCUT2D eigenvalue weighted by atomic mass is 16.6. The molecule has 0 fully saturated rings. The number of carbonyl (C=O) groups is 1. The lowest BCUT2D eigenvalue weighted by atomic mass is 10.1. The van der Waals surface area contributed by atoms with E-state index in [2.05, 4.69) is 10.3 Å². The Morgan fingerprint density at radius 2 is 1.77 bits per heavy atom. The maximum absolute atomic E-state index is 12.9. The minimum absolute atomic E-state index is 0.0538. The molecular formula is C27H21N3O5. The molecule has 1 N–H and O–H groups in total. The molecule has 0 aliphatic rings. The monoisotopic (exact) mass is 467 g/mol. The van der Waals surface area contributed by atoms with Crippen molar-refractivity contribution in [1.29, 1.82) is 0 Å². The van der Waals surface area contributed by atoms with E-state index in [1.807, 2.05) is 45.0 Å². The number of aryl methyl sites for hydroxylation is 2. The van der Waals surface area contributed by atoms with Crippen LogP contribution in [0.2, 0.25) is 0 Å². The fourth-order valence-corrected chi connectivity index (χ4v) is 4.07. The molecule has 8 heteroatoms. The van der Waals surface area contributed by atoms with Crippen LogP contribution in [0.1, 0.15) is 27.2 Å². The van der Waals surface area contributed by atoms with Crippen LogP contribution in [0, 0.1) is 30.9 Å². The molecule has 0 spiro atoms. The van der Waals surface area contributed by atoms with Crippen molar-refractivity contribution in [2.75, 3.05) is 5.32 Å². The molecule has 0 saturated carbocycles. The summed E-state index contributed by atoms with van der Waals surface area (Å²) in [4.78, 5) is 28.1. The van der Waals surface area contributed by atoms with Gasteiger partial charge < -0.3 is 14.2 Å². The van der Waals surface area contributed by atoms with Crippen molar-refractivity contribution in [2.45, 2.75) is 20.8 Å². The summed E-state index contributed by atoms with van der Waals surface area (Å²) in [5, 5.41) is 13.9. The molecule has 0 aliphatic heterocycles. The van der Waals surface area contributed by atoms with Gasteiger partial charge in [-0.25, -0.2) is 4.98 Å². The van der Waals surface area contributed by atoms with Crippen LogP contribution in [0.3, 0.4) is 0 Å². The van der Waals surface area contributed by atoms with E-state index in [4.69, 9.17) is 8.83 Å². The lowest BCUT2D eigenvalue weighted by molar-refractivity contribution is -0.384. The van der Waals surface area contributed by atoms with Crippen LogP contribution >= 0.6 is 0 Å². The highest BCUT2D eigenvalue weighted by Gasteiger charge is 2.18. The first kappa shape index (κ1) is 22.1. The fraction of sp³-hybridized carbons (Fsp3) is 0.111. The molecule has 3 aromatic carbocycles. The first-order chi connectivity index (χ1) is 16.8. The predicted octanol–water partition coefficient (Wildman–Crippen LogP) is 6.84. The first-order valence-electron chi connectivity index (χ1n) is 10.9. The first-order valence-corrected chi connectivity index (χ1v) is 10.9. The number of fused-ring (bicyclic) bond motifs is 1. The number of anilines is 1. The second kappa shape index (κ2) is 8.57. The topological polar surface area (TPSA) is 111 Å². The molecule has 5 aromatic rings. The molecule has 5 rings (SSSR count). The second-order valence-corrected chi connectivity index (χ2v) is 8.35. The summed E-state index contributed by atoms with van der Waals surface area (Å²) < 4.78 is 11.7. The quantitative estimate of drug-likeness (QED) is 0.224. The van der Waals surface area contributed by atoms with E-state index in [1.165, 1.54) is 18.2 Å². The van der Waals surface area contributed by atoms with Gasteiger partial charge in [0.05, 0.1) is 4.92 Å². The number of oxazole rings is 1. The van der Waals surface area contributed by atoms with E-state index in [-0.39, 0.29) is 11.4 Å². The standard InChI is InChI=1S/C27H21N3O5/c1-15-12-16(2)25-22(13-15)29-27(35-25)20-8-5-9-21(17(20)3)28-26(31)24-11-10-23(34-24)18-6-4-7-19(14-18)30(32)33/h4-14H,1-3H3,(H,28,31). The maximum Gasteiger partial charge on any atom is 0.291 e. The van der Waals surface area contributed by atoms with E-state index in [1.54, 1.807) is 24.3 Å². The van der Waals surface area contributed by atoms with Crippen LogP contribution in [0.5, 0.6) is 0 Å². The van der Waals surface area contributed by atoms with Crippen molar-refractivity contribution in [3.05, 3.63) is 99.3 Å². The number of nitro benzene ring substituents is 1. The number of non-ortho nitro benzene ring substituents is 1. The van der Waals surface area contributed by atoms with Crippen LogP contribution in [-0.2, 0) is 0 Å². The molecule has 1 amide bonds. The number of nitrogens with one attached hydrogen (secondary N) is 1. The van der Waals surface area contributed by atoms with Crippen LogP contribution in [0.25, 0.3) is 33.9 Å². The average molecular weight is 467 g/mol. The third-order valence-electron chi connectivity index (χ3n) is 5.80. The number of nitro groups is 1. The zero-order chi connectivity index (χ0) is 24.7. The summed E-state index contributed by atoms with van der Waals surface area (Å²) in [5.41, 5.74) is 6.27. The van der Waals surface area contributed by atoms with Gasteiger partial charge >= 0.3 is 0 Å². The number of aromatic nitrogens is 1. The molecule has 35 heavy (non-hydrogen) atoms. The third-order valence-corrected chi connectivity index (χ3v) is 5.80. The summed E-state index contributed by atoms with van der Waals surface area (Å²) in [7, 11) is 0. The van der Waals surface area contributed by atoms with Crippen molar-refractivity contribution >= 4 is 28.4 Å². The number of carbonyl (C=O) groups excluding carboxylic acids is 1. The number of rotatable bonds is 5. The Bertz CT molecular complexity index is 1610. The number of nitrogens with zero attached hydrogens (tertiary/aromatic N) is 2. The number of benzene rings is 3. The van der Waals surface area contributed by atoms with E-state index in [0.29, 0.717) is 22.9 Å². The van der Waals surface area contributed by atoms with Gasteiger partial charge in [0.1, 0.15) is 11.3 Å². The predicted molar refractivity (Wildman–Crippen MR) is 132 cm³/mol. The number of hydrogen-bond donors (Lipinski definition) is 1. The second-order valence-electron chi connectivity index (χ2n) is 8.35. The van der Waals surface area contributed by atoms with E-state index < -0.39 is 10.8 Å². The Kier molecular flexibility index (Phi) is 5.41. The molecule has 0 aliphatic carbocycles.